The van der Waals surface area contributed by atoms with Crippen LogP contribution >= 0.6 is 23.8 Å². The molecular formula is C14H13ClN2OS. The van der Waals surface area contributed by atoms with Crippen LogP contribution in [0.2, 0.25) is 5.02 Å². The van der Waals surface area contributed by atoms with Gasteiger partial charge in [-0.2, -0.15) is 0 Å². The normalized spacial score (nSPS) is 10.3. The summed E-state index contributed by atoms with van der Waals surface area (Å²) in [4.78, 5) is 4.59. The molecular weight excluding hydrogens is 280 g/mol. The summed E-state index contributed by atoms with van der Waals surface area (Å²) < 4.78 is 5.80. The second-order valence-electron chi connectivity index (χ2n) is 4.18. The number of aryl methyl sites for hydroxylation is 2. The highest BCUT2D eigenvalue weighted by Gasteiger charge is 2.11. The van der Waals surface area contributed by atoms with Crippen molar-refractivity contribution >= 4 is 28.8 Å². The van der Waals surface area contributed by atoms with Gasteiger partial charge >= 0.3 is 0 Å². The molecule has 2 N–H and O–H groups in total. The molecule has 0 aliphatic rings. The Balaban J connectivity index is 2.42. The maximum absolute atomic E-state index is 5.91. The fourth-order valence-corrected chi connectivity index (χ4v) is 2.01. The smallest absolute Gasteiger partial charge is 0.229 e. The number of ether oxygens (including phenoxy) is 1. The van der Waals surface area contributed by atoms with Gasteiger partial charge in [0.2, 0.25) is 5.88 Å². The molecule has 19 heavy (non-hydrogen) atoms. The fraction of sp³-hybridized carbons (Fsp3) is 0.143. The fourth-order valence-electron chi connectivity index (χ4n) is 1.63. The Morgan fingerprint density at radius 1 is 1.26 bits per heavy atom. The van der Waals surface area contributed by atoms with Crippen molar-refractivity contribution in [3.8, 4) is 11.6 Å². The molecule has 1 aromatic carbocycles. The molecule has 0 spiro atoms. The third-order valence-electron chi connectivity index (χ3n) is 2.61. The monoisotopic (exact) mass is 292 g/mol. The molecule has 0 bridgehead atoms. The molecule has 0 amide bonds. The van der Waals surface area contributed by atoms with E-state index in [4.69, 9.17) is 34.3 Å². The van der Waals surface area contributed by atoms with Gasteiger partial charge in [-0.25, -0.2) is 4.98 Å². The van der Waals surface area contributed by atoms with E-state index in [1.54, 1.807) is 12.1 Å². The van der Waals surface area contributed by atoms with Crippen molar-refractivity contribution in [2.75, 3.05) is 0 Å². The first-order chi connectivity index (χ1) is 8.97. The summed E-state index contributed by atoms with van der Waals surface area (Å²) in [6, 6.07) is 9.04. The predicted octanol–water partition coefficient (Wildman–Crippen LogP) is 3.78. The SMILES string of the molecule is Cc1ccc(C(N)=S)c(Oc2ccc(Cl)cc2C)n1. The molecule has 98 valence electrons. The average Bonchev–Trinajstić information content (AvgIpc) is 2.32. The van der Waals surface area contributed by atoms with E-state index in [-0.39, 0.29) is 4.99 Å². The molecule has 0 unspecified atom stereocenters. The minimum Gasteiger partial charge on any atom is -0.438 e. The molecule has 2 aromatic rings. The second kappa shape index (κ2) is 5.55. The van der Waals surface area contributed by atoms with Crippen LogP contribution in [0.25, 0.3) is 0 Å². The molecule has 5 heteroatoms. The zero-order valence-corrected chi connectivity index (χ0v) is 12.2. The van der Waals surface area contributed by atoms with Gasteiger partial charge in [-0.1, -0.05) is 23.8 Å². The molecule has 3 nitrogen and oxygen atoms in total. The zero-order valence-electron chi connectivity index (χ0n) is 10.6. The molecule has 1 heterocycles. The number of aromatic nitrogens is 1. The number of pyridine rings is 1. The highest BCUT2D eigenvalue weighted by atomic mass is 35.5. The molecule has 0 radical (unpaired) electrons. The number of rotatable bonds is 3. The topological polar surface area (TPSA) is 48.1 Å². The van der Waals surface area contributed by atoms with Crippen LogP contribution in [-0.4, -0.2) is 9.97 Å². The van der Waals surface area contributed by atoms with Crippen molar-refractivity contribution in [3.05, 3.63) is 52.2 Å². The Hall–Kier alpha value is -1.65. The lowest BCUT2D eigenvalue weighted by Crippen LogP contribution is -2.12. The molecule has 2 rings (SSSR count). The van der Waals surface area contributed by atoms with E-state index >= 15 is 0 Å². The molecule has 0 atom stereocenters. The lowest BCUT2D eigenvalue weighted by atomic mass is 10.2. The predicted molar refractivity (Wildman–Crippen MR) is 81.1 cm³/mol. The standard InChI is InChI=1S/C14H13ClN2OS/c1-8-7-10(15)4-6-12(8)18-14-11(13(16)19)5-3-9(2)17-14/h3-7H,1-2H3,(H2,16,19). The van der Waals surface area contributed by atoms with E-state index in [1.807, 2.05) is 32.0 Å². The van der Waals surface area contributed by atoms with Crippen LogP contribution in [0, 0.1) is 13.8 Å². The van der Waals surface area contributed by atoms with Crippen molar-refractivity contribution in [3.63, 3.8) is 0 Å². The Morgan fingerprint density at radius 3 is 2.63 bits per heavy atom. The van der Waals surface area contributed by atoms with E-state index in [1.165, 1.54) is 0 Å². The molecule has 0 saturated heterocycles. The number of hydrogen-bond donors (Lipinski definition) is 1. The number of nitrogens with zero attached hydrogens (tertiary/aromatic N) is 1. The van der Waals surface area contributed by atoms with Crippen LogP contribution in [0.4, 0.5) is 0 Å². The van der Waals surface area contributed by atoms with E-state index in [2.05, 4.69) is 4.98 Å². The van der Waals surface area contributed by atoms with E-state index in [0.29, 0.717) is 22.2 Å². The van der Waals surface area contributed by atoms with Gasteiger partial charge in [-0.3, -0.25) is 0 Å². The van der Waals surface area contributed by atoms with Gasteiger partial charge in [0.25, 0.3) is 0 Å². The van der Waals surface area contributed by atoms with Crippen LogP contribution < -0.4 is 10.5 Å². The van der Waals surface area contributed by atoms with Crippen LogP contribution in [0.1, 0.15) is 16.8 Å². The number of hydrogen-bond acceptors (Lipinski definition) is 3. The van der Waals surface area contributed by atoms with Crippen molar-refractivity contribution in [1.82, 2.24) is 4.98 Å². The van der Waals surface area contributed by atoms with Crippen molar-refractivity contribution in [2.24, 2.45) is 5.73 Å². The van der Waals surface area contributed by atoms with Crippen molar-refractivity contribution in [1.29, 1.82) is 0 Å². The van der Waals surface area contributed by atoms with Gasteiger partial charge in [0.05, 0.1) is 5.56 Å². The first-order valence-corrected chi connectivity index (χ1v) is 6.47. The third-order valence-corrected chi connectivity index (χ3v) is 3.06. The minimum atomic E-state index is 0.258. The van der Waals surface area contributed by atoms with E-state index < -0.39 is 0 Å². The van der Waals surface area contributed by atoms with Gasteiger partial charge in [-0.15, -0.1) is 0 Å². The lowest BCUT2D eigenvalue weighted by Gasteiger charge is -2.12. The van der Waals surface area contributed by atoms with Crippen LogP contribution in [0.5, 0.6) is 11.6 Å². The zero-order chi connectivity index (χ0) is 14.0. The largest absolute Gasteiger partial charge is 0.438 e. The van der Waals surface area contributed by atoms with Crippen LogP contribution in [0.3, 0.4) is 0 Å². The van der Waals surface area contributed by atoms with Crippen molar-refractivity contribution < 1.29 is 4.74 Å². The van der Waals surface area contributed by atoms with Gasteiger partial charge < -0.3 is 10.5 Å². The molecule has 1 aromatic heterocycles. The highest BCUT2D eigenvalue weighted by Crippen LogP contribution is 2.28. The van der Waals surface area contributed by atoms with Gasteiger partial charge in [0.1, 0.15) is 10.7 Å². The Kier molecular flexibility index (Phi) is 4.02. The molecule has 0 fully saturated rings. The van der Waals surface area contributed by atoms with E-state index in [9.17, 15) is 0 Å². The summed E-state index contributed by atoms with van der Waals surface area (Å²) in [5, 5.41) is 0.664. The number of halogens is 1. The maximum Gasteiger partial charge on any atom is 0.229 e. The number of nitrogens with two attached hydrogens (primary N) is 1. The number of thiocarbonyl (C=S) groups is 1. The summed E-state index contributed by atoms with van der Waals surface area (Å²) in [5.41, 5.74) is 8.05. The molecule has 0 aliphatic carbocycles. The van der Waals surface area contributed by atoms with Crippen LogP contribution in [0.15, 0.2) is 30.3 Å². The third kappa shape index (κ3) is 3.22. The van der Waals surface area contributed by atoms with Gasteiger partial charge in [0.15, 0.2) is 0 Å². The first-order valence-electron chi connectivity index (χ1n) is 5.69. The quantitative estimate of drug-likeness (QED) is 0.875. The number of benzene rings is 1. The van der Waals surface area contributed by atoms with Gasteiger partial charge in [-0.05, 0) is 49.7 Å². The first kappa shape index (κ1) is 13.8. The highest BCUT2D eigenvalue weighted by molar-refractivity contribution is 7.80. The minimum absolute atomic E-state index is 0.258. The molecule has 0 saturated carbocycles. The summed E-state index contributed by atoms with van der Waals surface area (Å²) in [6.45, 7) is 3.79. The van der Waals surface area contributed by atoms with Gasteiger partial charge in [0, 0.05) is 10.7 Å². The summed E-state index contributed by atoms with van der Waals surface area (Å²) >= 11 is 10.9. The van der Waals surface area contributed by atoms with Crippen LogP contribution in [-0.2, 0) is 0 Å². The molecule has 0 aliphatic heterocycles. The maximum atomic E-state index is 5.91. The second-order valence-corrected chi connectivity index (χ2v) is 5.06. The van der Waals surface area contributed by atoms with Crippen molar-refractivity contribution in [2.45, 2.75) is 13.8 Å². The average molecular weight is 293 g/mol. The summed E-state index contributed by atoms with van der Waals surface area (Å²) in [5.74, 6) is 1.10. The summed E-state index contributed by atoms with van der Waals surface area (Å²) in [7, 11) is 0. The lowest BCUT2D eigenvalue weighted by molar-refractivity contribution is 0.457. The Morgan fingerprint density at radius 2 is 2.00 bits per heavy atom. The Labute approximate surface area is 122 Å². The summed E-state index contributed by atoms with van der Waals surface area (Å²) in [6.07, 6.45) is 0. The van der Waals surface area contributed by atoms with E-state index in [0.717, 1.165) is 11.3 Å². The Bertz CT molecular complexity index is 643.